The van der Waals surface area contributed by atoms with Crippen molar-refractivity contribution in [2.75, 3.05) is 20.0 Å². The summed E-state index contributed by atoms with van der Waals surface area (Å²) in [7, 11) is 2.80. The molecule has 1 aromatic carbocycles. The SMILES string of the molecule is COC(=O)c1cc(N)c2cc(OC)c(Cl)cc2n1. The zero-order chi connectivity index (χ0) is 13.3. The molecule has 2 aromatic rings. The summed E-state index contributed by atoms with van der Waals surface area (Å²) < 4.78 is 9.70. The second-order valence-electron chi connectivity index (χ2n) is 3.59. The first-order chi connectivity index (χ1) is 8.56. The molecule has 2 rings (SSSR count). The minimum absolute atomic E-state index is 0.142. The topological polar surface area (TPSA) is 74.4 Å². The number of carbonyl (C=O) groups is 1. The van der Waals surface area contributed by atoms with E-state index in [-0.39, 0.29) is 5.69 Å². The highest BCUT2D eigenvalue weighted by Crippen LogP contribution is 2.32. The third-order valence-electron chi connectivity index (χ3n) is 2.51. The summed E-state index contributed by atoms with van der Waals surface area (Å²) in [6.45, 7) is 0. The van der Waals surface area contributed by atoms with Crippen LogP contribution in [0.15, 0.2) is 18.2 Å². The fourth-order valence-electron chi connectivity index (χ4n) is 1.62. The van der Waals surface area contributed by atoms with Gasteiger partial charge in [-0.1, -0.05) is 11.6 Å². The molecule has 0 aliphatic heterocycles. The third-order valence-corrected chi connectivity index (χ3v) is 2.80. The van der Waals surface area contributed by atoms with Crippen LogP contribution < -0.4 is 10.5 Å². The van der Waals surface area contributed by atoms with Crippen molar-refractivity contribution in [2.24, 2.45) is 0 Å². The molecule has 0 atom stereocenters. The van der Waals surface area contributed by atoms with Gasteiger partial charge in [-0.05, 0) is 18.2 Å². The predicted molar refractivity (Wildman–Crippen MR) is 69.1 cm³/mol. The Bertz CT molecular complexity index is 628. The number of hydrogen-bond donors (Lipinski definition) is 1. The number of benzene rings is 1. The fourth-order valence-corrected chi connectivity index (χ4v) is 1.85. The van der Waals surface area contributed by atoms with Crippen LogP contribution in [0.3, 0.4) is 0 Å². The Morgan fingerprint density at radius 1 is 1.33 bits per heavy atom. The summed E-state index contributed by atoms with van der Waals surface area (Å²) in [5.41, 5.74) is 6.95. The molecular weight excluding hydrogens is 256 g/mol. The van der Waals surface area contributed by atoms with E-state index in [9.17, 15) is 4.79 Å². The van der Waals surface area contributed by atoms with Crippen molar-refractivity contribution in [3.05, 3.63) is 28.9 Å². The van der Waals surface area contributed by atoms with Crippen LogP contribution in [0.4, 0.5) is 5.69 Å². The normalized spacial score (nSPS) is 10.4. The zero-order valence-electron chi connectivity index (χ0n) is 9.86. The molecule has 0 saturated heterocycles. The van der Waals surface area contributed by atoms with Crippen LogP contribution in [0.2, 0.25) is 5.02 Å². The van der Waals surface area contributed by atoms with Gasteiger partial charge in [0, 0.05) is 11.1 Å². The van der Waals surface area contributed by atoms with E-state index in [1.807, 2.05) is 0 Å². The lowest BCUT2D eigenvalue weighted by molar-refractivity contribution is 0.0594. The summed E-state index contributed by atoms with van der Waals surface area (Å²) in [6, 6.07) is 4.74. The first-order valence-corrected chi connectivity index (χ1v) is 5.46. The Balaban J connectivity index is 2.70. The second-order valence-corrected chi connectivity index (χ2v) is 4.00. The fraction of sp³-hybridized carbons (Fsp3) is 0.167. The number of aromatic nitrogens is 1. The standard InChI is InChI=1S/C12H11ClN2O3/c1-17-11-3-6-8(14)5-10(12(16)18-2)15-9(6)4-7(11)13/h3-5H,1-2H3,(H2,14,15). The molecule has 1 heterocycles. The smallest absolute Gasteiger partial charge is 0.356 e. The molecule has 94 valence electrons. The first-order valence-electron chi connectivity index (χ1n) is 5.09. The molecule has 0 spiro atoms. The van der Waals surface area contributed by atoms with Crippen molar-refractivity contribution in [1.82, 2.24) is 4.98 Å². The van der Waals surface area contributed by atoms with E-state index in [2.05, 4.69) is 9.72 Å². The van der Waals surface area contributed by atoms with Gasteiger partial charge in [-0.3, -0.25) is 0 Å². The summed E-state index contributed by atoms with van der Waals surface area (Å²) in [5.74, 6) is -0.0426. The molecule has 6 heteroatoms. The number of esters is 1. The van der Waals surface area contributed by atoms with Gasteiger partial charge in [0.2, 0.25) is 0 Å². The number of hydrogen-bond acceptors (Lipinski definition) is 5. The molecule has 5 nitrogen and oxygen atoms in total. The molecule has 0 aliphatic carbocycles. The summed E-state index contributed by atoms with van der Waals surface area (Å²) in [5, 5.41) is 1.07. The van der Waals surface area contributed by atoms with Crippen LogP contribution in [0.25, 0.3) is 10.9 Å². The highest BCUT2D eigenvalue weighted by atomic mass is 35.5. The quantitative estimate of drug-likeness (QED) is 0.844. The summed E-state index contributed by atoms with van der Waals surface area (Å²) in [4.78, 5) is 15.6. The lowest BCUT2D eigenvalue weighted by atomic mass is 10.1. The van der Waals surface area contributed by atoms with E-state index in [1.54, 1.807) is 12.1 Å². The number of pyridine rings is 1. The Hall–Kier alpha value is -2.01. The molecule has 0 radical (unpaired) electrons. The average molecular weight is 267 g/mol. The van der Waals surface area contributed by atoms with Gasteiger partial charge in [0.25, 0.3) is 0 Å². The Morgan fingerprint density at radius 2 is 2.06 bits per heavy atom. The minimum atomic E-state index is -0.546. The van der Waals surface area contributed by atoms with Crippen molar-refractivity contribution in [1.29, 1.82) is 0 Å². The van der Waals surface area contributed by atoms with Gasteiger partial charge in [0.05, 0.1) is 24.8 Å². The number of nitrogens with zero attached hydrogens (tertiary/aromatic N) is 1. The maximum absolute atomic E-state index is 11.4. The van der Waals surface area contributed by atoms with Crippen molar-refractivity contribution < 1.29 is 14.3 Å². The van der Waals surface area contributed by atoms with E-state index >= 15 is 0 Å². The van der Waals surface area contributed by atoms with Gasteiger partial charge < -0.3 is 15.2 Å². The number of ether oxygens (including phenoxy) is 2. The third kappa shape index (κ3) is 2.04. The van der Waals surface area contributed by atoms with Gasteiger partial charge in [-0.25, -0.2) is 9.78 Å². The van der Waals surface area contributed by atoms with Gasteiger partial charge in [-0.15, -0.1) is 0 Å². The lowest BCUT2D eigenvalue weighted by Crippen LogP contribution is -2.05. The Morgan fingerprint density at radius 3 is 2.67 bits per heavy atom. The van der Waals surface area contributed by atoms with Gasteiger partial charge in [0.15, 0.2) is 5.69 Å². The van der Waals surface area contributed by atoms with E-state index in [0.717, 1.165) is 0 Å². The number of halogens is 1. The molecule has 18 heavy (non-hydrogen) atoms. The monoisotopic (exact) mass is 266 g/mol. The van der Waals surface area contributed by atoms with Crippen LogP contribution in [0.5, 0.6) is 5.75 Å². The molecular formula is C12H11ClN2O3. The molecule has 0 aliphatic rings. The number of carbonyl (C=O) groups excluding carboxylic acids is 1. The zero-order valence-corrected chi connectivity index (χ0v) is 10.6. The van der Waals surface area contributed by atoms with Gasteiger partial charge in [-0.2, -0.15) is 0 Å². The predicted octanol–water partition coefficient (Wildman–Crippen LogP) is 2.27. The Kier molecular flexibility index (Phi) is 3.25. The van der Waals surface area contributed by atoms with E-state index in [0.29, 0.717) is 27.4 Å². The molecule has 0 bridgehead atoms. The summed E-state index contributed by atoms with van der Waals surface area (Å²) in [6.07, 6.45) is 0. The number of rotatable bonds is 2. The minimum Gasteiger partial charge on any atom is -0.495 e. The maximum Gasteiger partial charge on any atom is 0.356 e. The molecule has 2 N–H and O–H groups in total. The summed E-state index contributed by atoms with van der Waals surface area (Å²) >= 11 is 6.00. The number of anilines is 1. The number of nitrogens with two attached hydrogens (primary N) is 1. The second kappa shape index (κ2) is 4.70. The molecule has 1 aromatic heterocycles. The van der Waals surface area contributed by atoms with Crippen molar-refractivity contribution in [3.8, 4) is 5.75 Å². The first kappa shape index (κ1) is 12.4. The highest BCUT2D eigenvalue weighted by Gasteiger charge is 2.13. The van der Waals surface area contributed by atoms with Gasteiger partial charge in [0.1, 0.15) is 5.75 Å². The molecule has 0 amide bonds. The van der Waals surface area contributed by atoms with E-state index < -0.39 is 5.97 Å². The van der Waals surface area contributed by atoms with E-state index in [1.165, 1.54) is 20.3 Å². The van der Waals surface area contributed by atoms with Crippen LogP contribution in [0, 0.1) is 0 Å². The molecule has 0 saturated carbocycles. The van der Waals surface area contributed by atoms with E-state index in [4.69, 9.17) is 22.1 Å². The van der Waals surface area contributed by atoms with Crippen LogP contribution in [0.1, 0.15) is 10.5 Å². The number of methoxy groups -OCH3 is 2. The van der Waals surface area contributed by atoms with Crippen molar-refractivity contribution in [2.45, 2.75) is 0 Å². The average Bonchev–Trinajstić information content (AvgIpc) is 2.36. The molecule has 0 unspecified atom stereocenters. The largest absolute Gasteiger partial charge is 0.495 e. The van der Waals surface area contributed by atoms with Crippen molar-refractivity contribution >= 4 is 34.2 Å². The lowest BCUT2D eigenvalue weighted by Gasteiger charge is -2.08. The van der Waals surface area contributed by atoms with Crippen LogP contribution in [-0.4, -0.2) is 25.2 Å². The van der Waals surface area contributed by atoms with Crippen LogP contribution >= 0.6 is 11.6 Å². The molecule has 0 fully saturated rings. The number of nitrogen functional groups attached to an aromatic ring is 1. The number of fused-ring (bicyclic) bond motifs is 1. The highest BCUT2D eigenvalue weighted by molar-refractivity contribution is 6.33. The van der Waals surface area contributed by atoms with Crippen molar-refractivity contribution in [3.63, 3.8) is 0 Å². The maximum atomic E-state index is 11.4. The van der Waals surface area contributed by atoms with Crippen LogP contribution in [-0.2, 0) is 4.74 Å². The Labute approximate surface area is 108 Å². The van der Waals surface area contributed by atoms with Gasteiger partial charge >= 0.3 is 5.97 Å².